The normalized spacial score (nSPS) is 36.5. The first-order chi connectivity index (χ1) is 18.5. The molecule has 0 bridgehead atoms. The van der Waals surface area contributed by atoms with Crippen molar-refractivity contribution in [3.8, 4) is 0 Å². The van der Waals surface area contributed by atoms with E-state index < -0.39 is 0 Å². The summed E-state index contributed by atoms with van der Waals surface area (Å²) in [5.41, 5.74) is 5.28. The van der Waals surface area contributed by atoms with Gasteiger partial charge in [0.15, 0.2) is 0 Å². The van der Waals surface area contributed by atoms with Gasteiger partial charge in [-0.1, -0.05) is 71.6 Å². The SMILES string of the molecule is Cc1ccc(I)c(C)c1C(=O)OC1CCC2(C)C(=CCC3C2CCC2(C)C(C(C)CCCC(C)C)CCC32)C1. The molecule has 0 aromatic heterocycles. The van der Waals surface area contributed by atoms with Crippen LogP contribution in [0.1, 0.15) is 127 Å². The van der Waals surface area contributed by atoms with E-state index in [1.807, 2.05) is 19.9 Å². The van der Waals surface area contributed by atoms with Crippen molar-refractivity contribution in [2.45, 2.75) is 125 Å². The van der Waals surface area contributed by atoms with Crippen LogP contribution in [-0.2, 0) is 4.74 Å². The number of ether oxygens (including phenoxy) is 1. The second-order valence-corrected chi connectivity index (χ2v) is 16.1. The number of allylic oxidation sites excluding steroid dienone is 1. The highest BCUT2D eigenvalue weighted by Crippen LogP contribution is 2.67. The zero-order chi connectivity index (χ0) is 28.1. The van der Waals surface area contributed by atoms with E-state index in [0.29, 0.717) is 10.8 Å². The van der Waals surface area contributed by atoms with E-state index in [1.165, 1.54) is 57.8 Å². The standard InChI is InChI=1S/C36H53IO2/c1-22(2)9-8-10-23(3)29-14-15-30-28-13-12-26-21-27(17-19-35(26,6)31(28)18-20-36(29,30)7)39-34(38)33-24(4)11-16-32(37)25(33)5/h11-12,16,22-23,27-31H,8-10,13-15,17-21H2,1-7H3. The Balaban J connectivity index is 1.27. The average molecular weight is 645 g/mol. The van der Waals surface area contributed by atoms with Crippen molar-refractivity contribution >= 4 is 28.6 Å². The first-order valence-electron chi connectivity index (χ1n) is 16.1. The van der Waals surface area contributed by atoms with Crippen molar-refractivity contribution in [2.24, 2.45) is 46.3 Å². The van der Waals surface area contributed by atoms with Crippen LogP contribution in [-0.4, -0.2) is 12.1 Å². The van der Waals surface area contributed by atoms with Gasteiger partial charge in [0.2, 0.25) is 0 Å². The van der Waals surface area contributed by atoms with Gasteiger partial charge in [-0.3, -0.25) is 0 Å². The molecular weight excluding hydrogens is 591 g/mol. The molecule has 4 aliphatic rings. The first kappa shape index (κ1) is 29.6. The Labute approximate surface area is 252 Å². The molecular formula is C36H53IO2. The zero-order valence-corrected chi connectivity index (χ0v) is 27.9. The Morgan fingerprint density at radius 1 is 1.03 bits per heavy atom. The van der Waals surface area contributed by atoms with Gasteiger partial charge in [0, 0.05) is 9.99 Å². The molecule has 0 amide bonds. The summed E-state index contributed by atoms with van der Waals surface area (Å²) in [6.07, 6.45) is 16.9. The van der Waals surface area contributed by atoms with Crippen LogP contribution in [0.2, 0.25) is 0 Å². The number of rotatable bonds is 7. The van der Waals surface area contributed by atoms with Gasteiger partial charge in [0.25, 0.3) is 0 Å². The summed E-state index contributed by atoms with van der Waals surface area (Å²) in [6.45, 7) is 16.7. The van der Waals surface area contributed by atoms with Gasteiger partial charge in [-0.05, 0) is 145 Å². The average Bonchev–Trinajstić information content (AvgIpc) is 3.24. The fraction of sp³-hybridized carbons (Fsp3) is 0.750. The number of aryl methyl sites for hydroxylation is 1. The molecule has 4 aliphatic carbocycles. The Bertz CT molecular complexity index is 1100. The minimum atomic E-state index is -0.126. The van der Waals surface area contributed by atoms with Crippen molar-refractivity contribution < 1.29 is 9.53 Å². The lowest BCUT2D eigenvalue weighted by atomic mass is 9.47. The minimum absolute atomic E-state index is 0.0152. The van der Waals surface area contributed by atoms with E-state index in [4.69, 9.17) is 4.74 Å². The van der Waals surface area contributed by atoms with Gasteiger partial charge in [-0.15, -0.1) is 0 Å². The molecule has 0 N–H and O–H groups in total. The maximum absolute atomic E-state index is 13.3. The summed E-state index contributed by atoms with van der Waals surface area (Å²) < 4.78 is 7.34. The van der Waals surface area contributed by atoms with Gasteiger partial charge >= 0.3 is 5.97 Å². The van der Waals surface area contributed by atoms with Gasteiger partial charge in [0.1, 0.15) is 6.10 Å². The van der Waals surface area contributed by atoms with Crippen LogP contribution in [0.4, 0.5) is 0 Å². The quantitative estimate of drug-likeness (QED) is 0.168. The van der Waals surface area contributed by atoms with Crippen LogP contribution >= 0.6 is 22.6 Å². The number of halogens is 1. The van der Waals surface area contributed by atoms with E-state index >= 15 is 0 Å². The molecule has 2 nitrogen and oxygen atoms in total. The number of carbonyl (C=O) groups excluding carboxylic acids is 1. The van der Waals surface area contributed by atoms with Crippen LogP contribution in [0, 0.1) is 63.8 Å². The molecule has 0 heterocycles. The monoisotopic (exact) mass is 644 g/mol. The topological polar surface area (TPSA) is 26.3 Å². The summed E-state index contributed by atoms with van der Waals surface area (Å²) in [5.74, 6) is 5.04. The fourth-order valence-electron chi connectivity index (χ4n) is 10.1. The maximum atomic E-state index is 13.3. The number of carbonyl (C=O) groups is 1. The number of benzene rings is 1. The fourth-order valence-corrected chi connectivity index (χ4v) is 10.5. The molecule has 0 saturated heterocycles. The lowest BCUT2D eigenvalue weighted by Gasteiger charge is -2.58. The van der Waals surface area contributed by atoms with Gasteiger partial charge in [-0.25, -0.2) is 4.79 Å². The van der Waals surface area contributed by atoms with Crippen LogP contribution in [0.25, 0.3) is 0 Å². The number of esters is 1. The molecule has 8 atom stereocenters. The summed E-state index contributed by atoms with van der Waals surface area (Å²) in [4.78, 5) is 13.3. The third-order valence-electron chi connectivity index (χ3n) is 12.3. The Hall–Kier alpha value is -0.840. The lowest BCUT2D eigenvalue weighted by molar-refractivity contribution is -0.0594. The molecule has 0 aliphatic heterocycles. The van der Waals surface area contributed by atoms with Crippen LogP contribution < -0.4 is 0 Å². The summed E-state index contributed by atoms with van der Waals surface area (Å²) in [7, 11) is 0. The van der Waals surface area contributed by atoms with Gasteiger partial charge in [0.05, 0.1) is 5.56 Å². The van der Waals surface area contributed by atoms with Gasteiger partial charge in [-0.2, -0.15) is 0 Å². The third kappa shape index (κ3) is 5.41. The first-order valence-corrected chi connectivity index (χ1v) is 17.2. The van der Waals surface area contributed by atoms with Crippen molar-refractivity contribution in [3.05, 3.63) is 44.0 Å². The van der Waals surface area contributed by atoms with E-state index in [-0.39, 0.29) is 12.1 Å². The molecule has 1 aromatic carbocycles. The van der Waals surface area contributed by atoms with Crippen LogP contribution in [0.3, 0.4) is 0 Å². The second-order valence-electron chi connectivity index (χ2n) is 14.9. The van der Waals surface area contributed by atoms with E-state index in [0.717, 1.165) is 68.6 Å². The largest absolute Gasteiger partial charge is 0.458 e. The molecule has 5 rings (SSSR count). The molecule has 3 heteroatoms. The van der Waals surface area contributed by atoms with Crippen LogP contribution in [0.5, 0.6) is 0 Å². The lowest BCUT2D eigenvalue weighted by Crippen LogP contribution is -2.51. The summed E-state index contributed by atoms with van der Waals surface area (Å²) in [6, 6.07) is 4.14. The highest BCUT2D eigenvalue weighted by atomic mass is 127. The molecule has 39 heavy (non-hydrogen) atoms. The minimum Gasteiger partial charge on any atom is -0.458 e. The van der Waals surface area contributed by atoms with Crippen LogP contribution in [0.15, 0.2) is 23.8 Å². The van der Waals surface area contributed by atoms with E-state index in [2.05, 4.69) is 69.4 Å². The summed E-state index contributed by atoms with van der Waals surface area (Å²) >= 11 is 2.32. The molecule has 8 unspecified atom stereocenters. The van der Waals surface area contributed by atoms with Crippen molar-refractivity contribution in [1.82, 2.24) is 0 Å². The predicted octanol–water partition coefficient (Wildman–Crippen LogP) is 10.5. The molecule has 3 fully saturated rings. The Morgan fingerprint density at radius 3 is 2.54 bits per heavy atom. The highest BCUT2D eigenvalue weighted by molar-refractivity contribution is 14.1. The molecule has 216 valence electrons. The number of hydrogen-bond acceptors (Lipinski definition) is 2. The van der Waals surface area contributed by atoms with E-state index in [1.54, 1.807) is 5.57 Å². The number of hydrogen-bond donors (Lipinski definition) is 0. The number of fused-ring (bicyclic) bond motifs is 5. The molecule has 1 aromatic rings. The smallest absolute Gasteiger partial charge is 0.338 e. The van der Waals surface area contributed by atoms with Crippen molar-refractivity contribution in [3.63, 3.8) is 0 Å². The van der Waals surface area contributed by atoms with Gasteiger partial charge < -0.3 is 4.74 Å². The van der Waals surface area contributed by atoms with E-state index in [9.17, 15) is 4.79 Å². The molecule has 3 saturated carbocycles. The van der Waals surface area contributed by atoms with Crippen molar-refractivity contribution in [1.29, 1.82) is 0 Å². The third-order valence-corrected chi connectivity index (χ3v) is 13.5. The Kier molecular flexibility index (Phi) is 8.70. The molecule has 0 spiro atoms. The summed E-state index contributed by atoms with van der Waals surface area (Å²) in [5, 5.41) is 0. The molecule has 0 radical (unpaired) electrons. The second kappa shape index (κ2) is 11.4. The predicted molar refractivity (Wildman–Crippen MR) is 171 cm³/mol. The highest BCUT2D eigenvalue weighted by Gasteiger charge is 2.59. The van der Waals surface area contributed by atoms with Crippen molar-refractivity contribution in [2.75, 3.05) is 0 Å². The zero-order valence-electron chi connectivity index (χ0n) is 25.7. The Morgan fingerprint density at radius 2 is 1.79 bits per heavy atom. The maximum Gasteiger partial charge on any atom is 0.338 e.